The molecule has 0 saturated carbocycles. The van der Waals surface area contributed by atoms with Gasteiger partial charge in [0.25, 0.3) is 0 Å². The van der Waals surface area contributed by atoms with E-state index < -0.39 is 6.61 Å². The van der Waals surface area contributed by atoms with Gasteiger partial charge in [0.05, 0.1) is 24.5 Å². The molecule has 1 amide bonds. The largest absolute Gasteiger partial charge is 0.493 e. The van der Waals surface area contributed by atoms with E-state index in [2.05, 4.69) is 15.0 Å². The molecule has 0 bridgehead atoms. The SMILES string of the molecule is COc1cc(/C=C/C(=O)NCCCn2cnc3ccccc32)ccc1OC(F)F. The number of ether oxygens (including phenoxy) is 2. The van der Waals surface area contributed by atoms with Gasteiger partial charge in [-0.1, -0.05) is 18.2 Å². The topological polar surface area (TPSA) is 65.4 Å². The number of aryl methyl sites for hydroxylation is 1. The summed E-state index contributed by atoms with van der Waals surface area (Å²) in [5.41, 5.74) is 2.63. The van der Waals surface area contributed by atoms with Crippen LogP contribution in [0.2, 0.25) is 0 Å². The summed E-state index contributed by atoms with van der Waals surface area (Å²) in [6, 6.07) is 12.3. The van der Waals surface area contributed by atoms with Crippen LogP contribution in [0.25, 0.3) is 17.1 Å². The Bertz CT molecular complexity index is 1000. The number of rotatable bonds is 9. The lowest BCUT2D eigenvalue weighted by Gasteiger charge is -2.10. The minimum Gasteiger partial charge on any atom is -0.493 e. The van der Waals surface area contributed by atoms with Crippen molar-refractivity contribution in [1.82, 2.24) is 14.9 Å². The quantitative estimate of drug-likeness (QED) is 0.437. The number of carbonyl (C=O) groups excluding carboxylic acids is 1. The van der Waals surface area contributed by atoms with Crippen molar-refractivity contribution in [3.05, 3.63) is 60.4 Å². The molecule has 1 N–H and O–H groups in total. The number of carbonyl (C=O) groups is 1. The van der Waals surface area contributed by atoms with E-state index in [9.17, 15) is 13.6 Å². The van der Waals surface area contributed by atoms with Crippen molar-refractivity contribution in [3.63, 3.8) is 0 Å². The summed E-state index contributed by atoms with van der Waals surface area (Å²) in [7, 11) is 1.36. The fourth-order valence-corrected chi connectivity index (χ4v) is 2.86. The lowest BCUT2D eigenvalue weighted by atomic mass is 10.2. The van der Waals surface area contributed by atoms with Crippen LogP contribution in [0.1, 0.15) is 12.0 Å². The fraction of sp³-hybridized carbons (Fsp3) is 0.238. The highest BCUT2D eigenvalue weighted by Gasteiger charge is 2.10. The van der Waals surface area contributed by atoms with Crippen LogP contribution >= 0.6 is 0 Å². The van der Waals surface area contributed by atoms with Crippen LogP contribution in [0.4, 0.5) is 8.78 Å². The van der Waals surface area contributed by atoms with Gasteiger partial charge in [-0.2, -0.15) is 8.78 Å². The molecule has 6 nitrogen and oxygen atoms in total. The fourth-order valence-electron chi connectivity index (χ4n) is 2.86. The maximum absolute atomic E-state index is 12.4. The molecule has 3 rings (SSSR count). The predicted octanol–water partition coefficient (Wildman–Crippen LogP) is 3.87. The van der Waals surface area contributed by atoms with Gasteiger partial charge in [0.15, 0.2) is 11.5 Å². The molecule has 0 unspecified atom stereocenters. The Balaban J connectivity index is 1.48. The number of benzene rings is 2. The second-order valence-corrected chi connectivity index (χ2v) is 6.19. The summed E-state index contributed by atoms with van der Waals surface area (Å²) in [6.45, 7) is -1.68. The Morgan fingerprint density at radius 3 is 2.86 bits per heavy atom. The van der Waals surface area contributed by atoms with Crippen LogP contribution < -0.4 is 14.8 Å². The predicted molar refractivity (Wildman–Crippen MR) is 106 cm³/mol. The number of para-hydroxylation sites is 2. The Morgan fingerprint density at radius 2 is 2.07 bits per heavy atom. The molecular weight excluding hydrogens is 380 g/mol. The van der Waals surface area contributed by atoms with Gasteiger partial charge in [-0.05, 0) is 42.3 Å². The Kier molecular flexibility index (Phi) is 6.78. The van der Waals surface area contributed by atoms with E-state index >= 15 is 0 Å². The van der Waals surface area contributed by atoms with Crippen LogP contribution in [0, 0.1) is 0 Å². The third-order valence-corrected chi connectivity index (χ3v) is 4.23. The van der Waals surface area contributed by atoms with E-state index in [1.807, 2.05) is 28.8 Å². The summed E-state index contributed by atoms with van der Waals surface area (Å²) < 4.78 is 36.2. The molecule has 1 aromatic heterocycles. The van der Waals surface area contributed by atoms with E-state index in [0.29, 0.717) is 12.1 Å². The molecule has 0 aliphatic rings. The minimum atomic E-state index is -2.93. The summed E-state index contributed by atoms with van der Waals surface area (Å²) in [6.07, 6.45) is 5.51. The second-order valence-electron chi connectivity index (χ2n) is 6.19. The van der Waals surface area contributed by atoms with Crippen molar-refractivity contribution in [2.75, 3.05) is 13.7 Å². The van der Waals surface area contributed by atoms with Gasteiger partial charge in [0, 0.05) is 19.2 Å². The maximum atomic E-state index is 12.4. The smallest absolute Gasteiger partial charge is 0.387 e. The molecule has 3 aromatic rings. The Labute approximate surface area is 166 Å². The van der Waals surface area contributed by atoms with Crippen molar-refractivity contribution < 1.29 is 23.0 Å². The summed E-state index contributed by atoms with van der Waals surface area (Å²) >= 11 is 0. The zero-order valence-corrected chi connectivity index (χ0v) is 15.8. The number of hydrogen-bond acceptors (Lipinski definition) is 4. The molecule has 0 fully saturated rings. The van der Waals surface area contributed by atoms with Crippen molar-refractivity contribution in [3.8, 4) is 11.5 Å². The molecule has 0 spiro atoms. The van der Waals surface area contributed by atoms with Crippen LogP contribution in [0.5, 0.6) is 11.5 Å². The van der Waals surface area contributed by atoms with Crippen molar-refractivity contribution >= 4 is 23.0 Å². The number of amides is 1. The number of nitrogens with zero attached hydrogens (tertiary/aromatic N) is 2. The number of hydrogen-bond donors (Lipinski definition) is 1. The van der Waals surface area contributed by atoms with Crippen molar-refractivity contribution in [2.45, 2.75) is 19.6 Å². The Hall–Kier alpha value is -3.42. The summed E-state index contributed by atoms with van der Waals surface area (Å²) in [5, 5.41) is 2.81. The molecule has 8 heteroatoms. The van der Waals surface area contributed by atoms with Crippen LogP contribution in [0.15, 0.2) is 54.9 Å². The average molecular weight is 401 g/mol. The molecule has 0 radical (unpaired) electrons. The molecular formula is C21H21F2N3O3. The number of imidazole rings is 1. The van der Waals surface area contributed by atoms with Gasteiger partial charge in [0.2, 0.25) is 5.91 Å². The van der Waals surface area contributed by atoms with Gasteiger partial charge >= 0.3 is 6.61 Å². The number of halogens is 2. The maximum Gasteiger partial charge on any atom is 0.387 e. The highest BCUT2D eigenvalue weighted by molar-refractivity contribution is 5.91. The molecule has 0 atom stereocenters. The first kappa shape index (κ1) is 20.3. The van der Waals surface area contributed by atoms with Crippen LogP contribution in [-0.2, 0) is 11.3 Å². The normalized spacial score (nSPS) is 11.3. The Morgan fingerprint density at radius 1 is 1.24 bits per heavy atom. The lowest BCUT2D eigenvalue weighted by molar-refractivity contribution is -0.116. The molecule has 1 heterocycles. The van der Waals surface area contributed by atoms with E-state index in [1.165, 1.54) is 25.3 Å². The zero-order valence-electron chi connectivity index (χ0n) is 15.8. The number of methoxy groups -OCH3 is 1. The first-order valence-electron chi connectivity index (χ1n) is 9.05. The van der Waals surface area contributed by atoms with Gasteiger partial charge in [-0.15, -0.1) is 0 Å². The highest BCUT2D eigenvalue weighted by atomic mass is 19.3. The summed E-state index contributed by atoms with van der Waals surface area (Å²) in [4.78, 5) is 16.3. The molecule has 0 saturated heterocycles. The second kappa shape index (κ2) is 9.68. The molecule has 2 aromatic carbocycles. The van der Waals surface area contributed by atoms with E-state index in [0.717, 1.165) is 24.0 Å². The van der Waals surface area contributed by atoms with Crippen LogP contribution in [-0.4, -0.2) is 35.7 Å². The number of alkyl halides is 2. The van der Waals surface area contributed by atoms with E-state index in [-0.39, 0.29) is 17.4 Å². The number of nitrogens with one attached hydrogen (secondary N) is 1. The molecule has 0 aliphatic heterocycles. The van der Waals surface area contributed by atoms with Gasteiger partial charge < -0.3 is 19.4 Å². The first-order chi connectivity index (χ1) is 14.1. The van der Waals surface area contributed by atoms with Crippen molar-refractivity contribution in [1.29, 1.82) is 0 Å². The molecule has 29 heavy (non-hydrogen) atoms. The van der Waals surface area contributed by atoms with Gasteiger partial charge in [0.1, 0.15) is 0 Å². The average Bonchev–Trinajstić information content (AvgIpc) is 3.13. The van der Waals surface area contributed by atoms with Gasteiger partial charge in [-0.25, -0.2) is 4.98 Å². The molecule has 0 aliphatic carbocycles. The van der Waals surface area contributed by atoms with Gasteiger partial charge in [-0.3, -0.25) is 4.79 Å². The monoisotopic (exact) mass is 401 g/mol. The third kappa shape index (κ3) is 5.54. The number of aromatic nitrogens is 2. The third-order valence-electron chi connectivity index (χ3n) is 4.23. The van der Waals surface area contributed by atoms with Crippen molar-refractivity contribution in [2.24, 2.45) is 0 Å². The highest BCUT2D eigenvalue weighted by Crippen LogP contribution is 2.29. The standard InChI is InChI=1S/C21H21F2N3O3/c1-28-19-13-15(7-9-18(19)29-21(22)23)8-10-20(27)24-11-4-12-26-14-25-16-5-2-3-6-17(16)26/h2-3,5-10,13-14,21H,4,11-12H2,1H3,(H,24,27)/b10-8+. The lowest BCUT2D eigenvalue weighted by Crippen LogP contribution is -2.23. The summed E-state index contributed by atoms with van der Waals surface area (Å²) in [5.74, 6) is -0.135. The zero-order chi connectivity index (χ0) is 20.6. The van der Waals surface area contributed by atoms with E-state index in [4.69, 9.17) is 4.74 Å². The number of fused-ring (bicyclic) bond motifs is 1. The molecule has 152 valence electrons. The minimum absolute atomic E-state index is 0.0591. The first-order valence-corrected chi connectivity index (χ1v) is 9.05. The van der Waals surface area contributed by atoms with Crippen LogP contribution in [0.3, 0.4) is 0 Å². The van der Waals surface area contributed by atoms with E-state index in [1.54, 1.807) is 18.5 Å².